The van der Waals surface area contributed by atoms with Crippen molar-refractivity contribution in [3.05, 3.63) is 11.4 Å². The lowest BCUT2D eigenvalue weighted by molar-refractivity contribution is 0.322. The summed E-state index contributed by atoms with van der Waals surface area (Å²) in [5.74, 6) is 8.00. The Morgan fingerprint density at radius 3 is 2.70 bits per heavy atom. The van der Waals surface area contributed by atoms with Gasteiger partial charge in [0.25, 0.3) is 0 Å². The van der Waals surface area contributed by atoms with Crippen molar-refractivity contribution < 1.29 is 0 Å². The van der Waals surface area contributed by atoms with Crippen LogP contribution in [-0.4, -0.2) is 41.0 Å². The summed E-state index contributed by atoms with van der Waals surface area (Å²) in [6.45, 7) is 6.22. The first-order valence-corrected chi connectivity index (χ1v) is 7.44. The molecule has 0 spiro atoms. The van der Waals surface area contributed by atoms with Gasteiger partial charge >= 0.3 is 0 Å². The van der Waals surface area contributed by atoms with Crippen LogP contribution in [-0.2, 0) is 6.42 Å². The van der Waals surface area contributed by atoms with Gasteiger partial charge in [0.05, 0.1) is 0 Å². The number of nitrogen functional groups attached to an aromatic ring is 1. The third-order valence-corrected chi connectivity index (χ3v) is 3.98. The number of aryl methyl sites for hydroxylation is 1. The van der Waals surface area contributed by atoms with Gasteiger partial charge in [-0.05, 0) is 39.8 Å². The summed E-state index contributed by atoms with van der Waals surface area (Å²) >= 11 is 0. The van der Waals surface area contributed by atoms with Crippen molar-refractivity contribution in [2.75, 3.05) is 30.9 Å². The highest BCUT2D eigenvalue weighted by Gasteiger charge is 2.21. The summed E-state index contributed by atoms with van der Waals surface area (Å²) in [7, 11) is 2.18. The Hall–Kier alpha value is -1.40. The van der Waals surface area contributed by atoms with Gasteiger partial charge in [0.15, 0.2) is 0 Å². The number of likely N-dealkylation sites (tertiary alicyclic amines) is 1. The molecule has 1 aromatic heterocycles. The van der Waals surface area contributed by atoms with E-state index in [1.807, 2.05) is 6.92 Å². The summed E-state index contributed by atoms with van der Waals surface area (Å²) in [5, 5.41) is 3.47. The highest BCUT2D eigenvalue weighted by atomic mass is 15.3. The quantitative estimate of drug-likeness (QED) is 0.541. The molecule has 2 rings (SSSR count). The molecule has 1 fully saturated rings. The lowest BCUT2D eigenvalue weighted by Gasteiger charge is -2.21. The highest BCUT2D eigenvalue weighted by Crippen LogP contribution is 2.21. The SMILES string of the molecule is CCCc1nc(NN)c(C)c(NCC2CCCN2C)n1. The van der Waals surface area contributed by atoms with E-state index in [0.29, 0.717) is 11.9 Å². The zero-order chi connectivity index (χ0) is 14.5. The Morgan fingerprint density at radius 2 is 2.10 bits per heavy atom. The normalized spacial score (nSPS) is 19.3. The molecule has 20 heavy (non-hydrogen) atoms. The van der Waals surface area contributed by atoms with Gasteiger partial charge in [0.2, 0.25) is 0 Å². The number of hydrogen-bond donors (Lipinski definition) is 3. The molecule has 4 N–H and O–H groups in total. The van der Waals surface area contributed by atoms with Gasteiger partial charge in [-0.25, -0.2) is 15.8 Å². The Bertz CT molecular complexity index is 448. The Labute approximate surface area is 121 Å². The van der Waals surface area contributed by atoms with Gasteiger partial charge in [0, 0.05) is 24.6 Å². The predicted octanol–water partition coefficient (Wildman–Crippen LogP) is 1.53. The van der Waals surface area contributed by atoms with Crippen molar-refractivity contribution >= 4 is 11.6 Å². The van der Waals surface area contributed by atoms with Crippen LogP contribution in [0.25, 0.3) is 0 Å². The third kappa shape index (κ3) is 3.37. The topological polar surface area (TPSA) is 79.1 Å². The minimum Gasteiger partial charge on any atom is -0.368 e. The molecule has 1 atom stereocenters. The zero-order valence-corrected chi connectivity index (χ0v) is 12.7. The fraction of sp³-hybridized carbons (Fsp3) is 0.714. The molecule has 0 aliphatic carbocycles. The highest BCUT2D eigenvalue weighted by molar-refractivity contribution is 5.56. The Balaban J connectivity index is 2.10. The van der Waals surface area contributed by atoms with Crippen LogP contribution in [0.4, 0.5) is 11.6 Å². The summed E-state index contributed by atoms with van der Waals surface area (Å²) in [6.07, 6.45) is 4.42. The molecular weight excluding hydrogens is 252 g/mol. The van der Waals surface area contributed by atoms with Crippen molar-refractivity contribution in [1.29, 1.82) is 0 Å². The van der Waals surface area contributed by atoms with Crippen molar-refractivity contribution in [3.8, 4) is 0 Å². The predicted molar refractivity (Wildman–Crippen MR) is 82.7 cm³/mol. The monoisotopic (exact) mass is 278 g/mol. The largest absolute Gasteiger partial charge is 0.368 e. The molecule has 112 valence electrons. The molecule has 1 unspecified atom stereocenters. The van der Waals surface area contributed by atoms with E-state index in [4.69, 9.17) is 5.84 Å². The molecule has 0 radical (unpaired) electrons. The van der Waals surface area contributed by atoms with E-state index in [1.54, 1.807) is 0 Å². The maximum atomic E-state index is 5.55. The Kier molecular flexibility index (Phi) is 5.14. The number of nitrogens with two attached hydrogens (primary N) is 1. The van der Waals surface area contributed by atoms with Gasteiger partial charge in [-0.2, -0.15) is 0 Å². The van der Waals surface area contributed by atoms with Gasteiger partial charge in [0.1, 0.15) is 17.5 Å². The van der Waals surface area contributed by atoms with Crippen molar-refractivity contribution in [1.82, 2.24) is 14.9 Å². The van der Waals surface area contributed by atoms with Crippen molar-refractivity contribution in [3.63, 3.8) is 0 Å². The molecule has 1 saturated heterocycles. The fourth-order valence-electron chi connectivity index (χ4n) is 2.66. The second kappa shape index (κ2) is 6.85. The van der Waals surface area contributed by atoms with Gasteiger partial charge in [-0.15, -0.1) is 0 Å². The number of hydrogen-bond acceptors (Lipinski definition) is 6. The first-order valence-electron chi connectivity index (χ1n) is 7.44. The summed E-state index contributed by atoms with van der Waals surface area (Å²) in [5.41, 5.74) is 3.65. The maximum Gasteiger partial charge on any atom is 0.148 e. The van der Waals surface area contributed by atoms with Crippen LogP contribution in [0, 0.1) is 6.92 Å². The smallest absolute Gasteiger partial charge is 0.148 e. The van der Waals surface area contributed by atoms with Crippen LogP contribution in [0.15, 0.2) is 0 Å². The molecule has 1 aliphatic rings. The van der Waals surface area contributed by atoms with Crippen LogP contribution in [0.2, 0.25) is 0 Å². The van der Waals surface area contributed by atoms with Crippen LogP contribution in [0.3, 0.4) is 0 Å². The summed E-state index contributed by atoms with van der Waals surface area (Å²) < 4.78 is 0. The lowest BCUT2D eigenvalue weighted by atomic mass is 10.2. The van der Waals surface area contributed by atoms with E-state index in [1.165, 1.54) is 19.4 Å². The molecule has 6 nitrogen and oxygen atoms in total. The second-order valence-corrected chi connectivity index (χ2v) is 5.51. The summed E-state index contributed by atoms with van der Waals surface area (Å²) in [6, 6.07) is 0.591. The Morgan fingerprint density at radius 1 is 1.35 bits per heavy atom. The number of hydrazine groups is 1. The molecule has 0 amide bonds. The zero-order valence-electron chi connectivity index (χ0n) is 12.7. The van der Waals surface area contributed by atoms with E-state index < -0.39 is 0 Å². The molecule has 0 aromatic carbocycles. The fourth-order valence-corrected chi connectivity index (χ4v) is 2.66. The molecule has 1 aliphatic heterocycles. The number of nitrogens with zero attached hydrogens (tertiary/aromatic N) is 3. The molecule has 1 aromatic rings. The average Bonchev–Trinajstić information content (AvgIpc) is 2.84. The van der Waals surface area contributed by atoms with Gasteiger partial charge < -0.3 is 15.6 Å². The first kappa shape index (κ1) is 15.0. The molecule has 0 saturated carbocycles. The number of anilines is 2. The van der Waals surface area contributed by atoms with E-state index in [9.17, 15) is 0 Å². The van der Waals surface area contributed by atoms with Crippen LogP contribution >= 0.6 is 0 Å². The van der Waals surface area contributed by atoms with Crippen LogP contribution in [0.5, 0.6) is 0 Å². The van der Waals surface area contributed by atoms with Crippen LogP contribution < -0.4 is 16.6 Å². The molecule has 2 heterocycles. The minimum atomic E-state index is 0.591. The minimum absolute atomic E-state index is 0.591. The number of nitrogens with one attached hydrogen (secondary N) is 2. The van der Waals surface area contributed by atoms with Crippen LogP contribution in [0.1, 0.15) is 37.6 Å². The maximum absolute atomic E-state index is 5.55. The number of likely N-dealkylation sites (N-methyl/N-ethyl adjacent to an activating group) is 1. The molecular formula is C14H26N6. The van der Waals surface area contributed by atoms with E-state index in [0.717, 1.165) is 36.6 Å². The standard InChI is InChI=1S/C14H26N6/c1-4-6-12-17-13(10(2)14(18-12)19-15)16-9-11-7-5-8-20(11)3/h11H,4-9,15H2,1-3H3,(H2,16,17,18,19). The summed E-state index contributed by atoms with van der Waals surface area (Å²) in [4.78, 5) is 11.5. The number of aromatic nitrogens is 2. The average molecular weight is 278 g/mol. The van der Waals surface area contributed by atoms with E-state index in [-0.39, 0.29) is 0 Å². The first-order chi connectivity index (χ1) is 9.65. The van der Waals surface area contributed by atoms with Gasteiger partial charge in [-0.3, -0.25) is 0 Å². The van der Waals surface area contributed by atoms with Crippen molar-refractivity contribution in [2.24, 2.45) is 5.84 Å². The molecule has 6 heteroatoms. The third-order valence-electron chi connectivity index (χ3n) is 3.98. The van der Waals surface area contributed by atoms with E-state index >= 15 is 0 Å². The number of rotatable bonds is 6. The van der Waals surface area contributed by atoms with Crippen molar-refractivity contribution in [2.45, 2.75) is 45.6 Å². The lowest BCUT2D eigenvalue weighted by Crippen LogP contribution is -2.32. The second-order valence-electron chi connectivity index (χ2n) is 5.51. The van der Waals surface area contributed by atoms with Gasteiger partial charge in [-0.1, -0.05) is 6.92 Å². The van der Waals surface area contributed by atoms with E-state index in [2.05, 4.69) is 39.6 Å². The molecule has 0 bridgehead atoms.